The zero-order valence-electron chi connectivity index (χ0n) is 10.3. The van der Waals surface area contributed by atoms with Crippen LogP contribution in [-0.2, 0) is 0 Å². The van der Waals surface area contributed by atoms with Crippen LogP contribution in [0.1, 0.15) is 44.9 Å². The smallest absolute Gasteiger partial charge is 0.0771 e. The summed E-state index contributed by atoms with van der Waals surface area (Å²) < 4.78 is 0. The number of hydrogen-bond acceptors (Lipinski definition) is 3. The molecule has 2 unspecified atom stereocenters. The highest BCUT2D eigenvalue weighted by molar-refractivity contribution is 4.98. The Morgan fingerprint density at radius 3 is 2.38 bits per heavy atom. The molecule has 0 aromatic heterocycles. The first-order valence-corrected chi connectivity index (χ1v) is 6.84. The first-order chi connectivity index (χ1) is 7.66. The summed E-state index contributed by atoms with van der Waals surface area (Å²) in [5.74, 6) is 0. The molecule has 2 bridgehead atoms. The van der Waals surface area contributed by atoms with Crippen molar-refractivity contribution < 1.29 is 5.11 Å². The van der Waals surface area contributed by atoms with Crippen molar-refractivity contribution in [2.75, 3.05) is 13.6 Å². The van der Waals surface area contributed by atoms with Gasteiger partial charge in [0.25, 0.3) is 0 Å². The number of nitrogens with zero attached hydrogens (tertiary/aromatic N) is 1. The summed E-state index contributed by atoms with van der Waals surface area (Å²) in [6.07, 6.45) is 8.52. The van der Waals surface area contributed by atoms with Crippen LogP contribution >= 0.6 is 0 Å². The summed E-state index contributed by atoms with van der Waals surface area (Å²) in [5.41, 5.74) is -0.359. The fourth-order valence-electron chi connectivity index (χ4n) is 3.67. The minimum absolute atomic E-state index is 0.359. The predicted molar refractivity (Wildman–Crippen MR) is 64.4 cm³/mol. The Kier molecular flexibility index (Phi) is 2.73. The van der Waals surface area contributed by atoms with Gasteiger partial charge in [-0.05, 0) is 52.0 Å². The summed E-state index contributed by atoms with van der Waals surface area (Å²) in [7, 11) is 2.28. The standard InChI is InChI=1S/C13H24N2O/c1-15-11-3-4-12(15)8-10(7-11)14-9-13(16)5-2-6-13/h10-12,14,16H,2-9H2,1H3. The van der Waals surface area contributed by atoms with Crippen LogP contribution < -0.4 is 5.32 Å². The van der Waals surface area contributed by atoms with Gasteiger partial charge in [-0.2, -0.15) is 0 Å². The van der Waals surface area contributed by atoms with Crippen LogP contribution in [0.15, 0.2) is 0 Å². The van der Waals surface area contributed by atoms with Gasteiger partial charge in [0, 0.05) is 24.7 Å². The van der Waals surface area contributed by atoms with Crippen LogP contribution in [0.2, 0.25) is 0 Å². The molecule has 0 amide bonds. The van der Waals surface area contributed by atoms with Crippen molar-refractivity contribution in [1.29, 1.82) is 0 Å². The average molecular weight is 224 g/mol. The Labute approximate surface area is 98.2 Å². The second-order valence-electron chi connectivity index (χ2n) is 6.18. The predicted octanol–water partition coefficient (Wildman–Crippen LogP) is 1.12. The van der Waals surface area contributed by atoms with Crippen molar-refractivity contribution in [2.24, 2.45) is 0 Å². The molecule has 1 aliphatic carbocycles. The van der Waals surface area contributed by atoms with Gasteiger partial charge in [0.15, 0.2) is 0 Å². The molecule has 3 fully saturated rings. The lowest BCUT2D eigenvalue weighted by Gasteiger charge is -2.41. The van der Waals surface area contributed by atoms with Gasteiger partial charge in [-0.15, -0.1) is 0 Å². The fraction of sp³-hybridized carbons (Fsp3) is 1.00. The zero-order chi connectivity index (χ0) is 11.2. The highest BCUT2D eigenvalue weighted by Gasteiger charge is 2.40. The zero-order valence-corrected chi connectivity index (χ0v) is 10.3. The summed E-state index contributed by atoms with van der Waals surface area (Å²) in [6, 6.07) is 2.25. The van der Waals surface area contributed by atoms with Gasteiger partial charge in [0.1, 0.15) is 0 Å². The van der Waals surface area contributed by atoms with Crippen molar-refractivity contribution in [3.63, 3.8) is 0 Å². The van der Waals surface area contributed by atoms with E-state index in [9.17, 15) is 5.11 Å². The van der Waals surface area contributed by atoms with E-state index in [0.29, 0.717) is 6.04 Å². The molecule has 1 saturated carbocycles. The summed E-state index contributed by atoms with van der Waals surface area (Å²) >= 11 is 0. The quantitative estimate of drug-likeness (QED) is 0.754. The molecule has 3 heteroatoms. The first kappa shape index (κ1) is 11.0. The van der Waals surface area contributed by atoms with Crippen LogP contribution in [0.5, 0.6) is 0 Å². The van der Waals surface area contributed by atoms with Crippen molar-refractivity contribution in [2.45, 2.75) is 68.7 Å². The highest BCUT2D eigenvalue weighted by atomic mass is 16.3. The third kappa shape index (κ3) is 1.89. The van der Waals surface area contributed by atoms with Crippen LogP contribution in [0, 0.1) is 0 Å². The van der Waals surface area contributed by atoms with Crippen LogP contribution in [0.25, 0.3) is 0 Å². The van der Waals surface area contributed by atoms with Gasteiger partial charge in [0.05, 0.1) is 5.60 Å². The Balaban J connectivity index is 1.50. The lowest BCUT2D eigenvalue weighted by atomic mass is 9.80. The molecule has 3 aliphatic rings. The molecule has 2 N–H and O–H groups in total. The molecule has 16 heavy (non-hydrogen) atoms. The second kappa shape index (κ2) is 3.97. The van der Waals surface area contributed by atoms with Gasteiger partial charge in [-0.1, -0.05) is 0 Å². The number of piperidine rings is 1. The molecule has 92 valence electrons. The Morgan fingerprint density at radius 2 is 1.88 bits per heavy atom. The van der Waals surface area contributed by atoms with Crippen LogP contribution in [0.4, 0.5) is 0 Å². The molecule has 2 heterocycles. The first-order valence-electron chi connectivity index (χ1n) is 6.84. The minimum Gasteiger partial charge on any atom is -0.389 e. The van der Waals surface area contributed by atoms with Gasteiger partial charge < -0.3 is 15.3 Å². The second-order valence-corrected chi connectivity index (χ2v) is 6.18. The molecule has 0 radical (unpaired) electrons. The van der Waals surface area contributed by atoms with E-state index in [2.05, 4.69) is 17.3 Å². The van der Waals surface area contributed by atoms with Gasteiger partial charge in [-0.25, -0.2) is 0 Å². The number of rotatable bonds is 3. The maximum atomic E-state index is 10.1. The van der Waals surface area contributed by atoms with Crippen LogP contribution in [0.3, 0.4) is 0 Å². The molecular formula is C13H24N2O. The Morgan fingerprint density at radius 1 is 1.25 bits per heavy atom. The molecular weight excluding hydrogens is 200 g/mol. The van der Waals surface area contributed by atoms with Gasteiger partial charge in [0.2, 0.25) is 0 Å². The molecule has 3 nitrogen and oxygen atoms in total. The van der Waals surface area contributed by atoms with E-state index >= 15 is 0 Å². The van der Waals surface area contributed by atoms with E-state index in [1.165, 1.54) is 32.1 Å². The van der Waals surface area contributed by atoms with Crippen molar-refractivity contribution in [3.05, 3.63) is 0 Å². The molecule has 2 atom stereocenters. The van der Waals surface area contributed by atoms with E-state index in [1.807, 2.05) is 0 Å². The lowest BCUT2D eigenvalue weighted by Crippen LogP contribution is -2.53. The molecule has 0 aromatic carbocycles. The monoisotopic (exact) mass is 224 g/mol. The summed E-state index contributed by atoms with van der Waals surface area (Å²) in [5, 5.41) is 13.7. The van der Waals surface area contributed by atoms with E-state index in [0.717, 1.165) is 31.5 Å². The SMILES string of the molecule is CN1C2CCC1CC(NCC1(O)CCC1)C2. The molecule has 3 rings (SSSR count). The third-order valence-corrected chi connectivity index (χ3v) is 5.10. The topological polar surface area (TPSA) is 35.5 Å². The number of aliphatic hydroxyl groups is 1. The fourth-order valence-corrected chi connectivity index (χ4v) is 3.67. The maximum absolute atomic E-state index is 10.1. The number of fused-ring (bicyclic) bond motifs is 2. The van der Waals surface area contributed by atoms with E-state index < -0.39 is 0 Å². The summed E-state index contributed by atoms with van der Waals surface area (Å²) in [4.78, 5) is 2.57. The number of hydrogen-bond donors (Lipinski definition) is 2. The van der Waals surface area contributed by atoms with Crippen LogP contribution in [-0.4, -0.2) is 47.3 Å². The van der Waals surface area contributed by atoms with Crippen molar-refractivity contribution in [3.8, 4) is 0 Å². The normalized spacial score (nSPS) is 42.0. The highest BCUT2D eigenvalue weighted by Crippen LogP contribution is 2.35. The van der Waals surface area contributed by atoms with Crippen molar-refractivity contribution >= 4 is 0 Å². The molecule has 2 aliphatic heterocycles. The molecule has 0 spiro atoms. The van der Waals surface area contributed by atoms with E-state index in [-0.39, 0.29) is 5.60 Å². The number of nitrogens with one attached hydrogen (secondary N) is 1. The van der Waals surface area contributed by atoms with E-state index in [1.54, 1.807) is 0 Å². The minimum atomic E-state index is -0.359. The third-order valence-electron chi connectivity index (χ3n) is 5.10. The Hall–Kier alpha value is -0.120. The van der Waals surface area contributed by atoms with Crippen molar-refractivity contribution in [1.82, 2.24) is 10.2 Å². The van der Waals surface area contributed by atoms with E-state index in [4.69, 9.17) is 0 Å². The largest absolute Gasteiger partial charge is 0.389 e. The Bertz CT molecular complexity index is 251. The molecule has 0 aromatic rings. The van der Waals surface area contributed by atoms with Gasteiger partial charge >= 0.3 is 0 Å². The maximum Gasteiger partial charge on any atom is 0.0771 e. The average Bonchev–Trinajstić information content (AvgIpc) is 2.49. The lowest BCUT2D eigenvalue weighted by molar-refractivity contribution is -0.0354. The van der Waals surface area contributed by atoms with Gasteiger partial charge in [-0.3, -0.25) is 0 Å². The summed E-state index contributed by atoms with van der Waals surface area (Å²) in [6.45, 7) is 0.820. The molecule has 2 saturated heterocycles.